The molecule has 0 saturated carbocycles. The lowest BCUT2D eigenvalue weighted by Crippen LogP contribution is -2.17. The van der Waals surface area contributed by atoms with Crippen LogP contribution in [-0.2, 0) is 0 Å². The molecule has 1 fully saturated rings. The standard InChI is InChI=1S/C15H23NO2S/c16-7-4-15(17)13-2-1-3-14(10-13)18-11-12-5-8-19-9-6-12/h1-3,10,12,15,17H,4-9,11,16H2. The van der Waals surface area contributed by atoms with Crippen molar-refractivity contribution in [3.05, 3.63) is 29.8 Å². The molecule has 1 saturated heterocycles. The van der Waals surface area contributed by atoms with Crippen molar-refractivity contribution >= 4 is 11.8 Å². The third-order valence-electron chi connectivity index (χ3n) is 3.51. The summed E-state index contributed by atoms with van der Waals surface area (Å²) in [6, 6.07) is 7.74. The van der Waals surface area contributed by atoms with Crippen LogP contribution in [0.1, 0.15) is 30.9 Å². The van der Waals surface area contributed by atoms with Gasteiger partial charge in [0.2, 0.25) is 0 Å². The smallest absolute Gasteiger partial charge is 0.119 e. The summed E-state index contributed by atoms with van der Waals surface area (Å²) in [5.74, 6) is 4.04. The van der Waals surface area contributed by atoms with Gasteiger partial charge in [0.05, 0.1) is 12.7 Å². The van der Waals surface area contributed by atoms with E-state index in [0.29, 0.717) is 18.9 Å². The van der Waals surface area contributed by atoms with Crippen molar-refractivity contribution in [2.75, 3.05) is 24.7 Å². The number of hydrogen-bond acceptors (Lipinski definition) is 4. The van der Waals surface area contributed by atoms with Crippen molar-refractivity contribution in [1.82, 2.24) is 0 Å². The maximum atomic E-state index is 9.92. The molecule has 1 aliphatic heterocycles. The van der Waals surface area contributed by atoms with Crippen molar-refractivity contribution in [3.8, 4) is 5.75 Å². The summed E-state index contributed by atoms with van der Waals surface area (Å²) in [7, 11) is 0. The van der Waals surface area contributed by atoms with Crippen LogP contribution in [0.4, 0.5) is 0 Å². The Morgan fingerprint density at radius 1 is 1.37 bits per heavy atom. The zero-order chi connectivity index (χ0) is 13.5. The Morgan fingerprint density at radius 3 is 2.89 bits per heavy atom. The molecule has 0 bridgehead atoms. The van der Waals surface area contributed by atoms with E-state index in [9.17, 15) is 5.11 Å². The largest absolute Gasteiger partial charge is 0.493 e. The molecule has 1 unspecified atom stereocenters. The van der Waals surface area contributed by atoms with Crippen LogP contribution in [-0.4, -0.2) is 29.8 Å². The molecule has 1 aliphatic rings. The highest BCUT2D eigenvalue weighted by Crippen LogP contribution is 2.25. The van der Waals surface area contributed by atoms with E-state index < -0.39 is 6.10 Å². The average molecular weight is 281 g/mol. The summed E-state index contributed by atoms with van der Waals surface area (Å²) in [6.45, 7) is 1.28. The van der Waals surface area contributed by atoms with Gasteiger partial charge >= 0.3 is 0 Å². The number of nitrogens with two attached hydrogens (primary N) is 1. The first-order valence-electron chi connectivity index (χ1n) is 6.98. The Kier molecular flexibility index (Phi) is 6.01. The number of aliphatic hydroxyl groups is 1. The fourth-order valence-electron chi connectivity index (χ4n) is 2.26. The summed E-state index contributed by atoms with van der Waals surface area (Å²) >= 11 is 2.03. The molecule has 1 atom stereocenters. The van der Waals surface area contributed by atoms with Gasteiger partial charge < -0.3 is 15.6 Å². The molecular weight excluding hydrogens is 258 g/mol. The third-order valence-corrected chi connectivity index (χ3v) is 4.56. The van der Waals surface area contributed by atoms with E-state index in [1.165, 1.54) is 24.3 Å². The van der Waals surface area contributed by atoms with Crippen molar-refractivity contribution in [2.45, 2.75) is 25.4 Å². The second kappa shape index (κ2) is 7.78. The molecule has 1 aromatic carbocycles. The Labute approximate surface area is 119 Å². The van der Waals surface area contributed by atoms with E-state index >= 15 is 0 Å². The Bertz CT molecular complexity index is 380. The van der Waals surface area contributed by atoms with Gasteiger partial charge in [-0.25, -0.2) is 0 Å². The first kappa shape index (κ1) is 14.7. The van der Waals surface area contributed by atoms with E-state index in [0.717, 1.165) is 17.9 Å². The molecule has 3 nitrogen and oxygen atoms in total. The molecule has 0 aliphatic carbocycles. The normalized spacial score (nSPS) is 18.2. The Balaban J connectivity index is 1.87. The molecule has 2 rings (SSSR count). The first-order chi connectivity index (χ1) is 9.29. The number of hydrogen-bond donors (Lipinski definition) is 2. The van der Waals surface area contributed by atoms with Crippen molar-refractivity contribution in [3.63, 3.8) is 0 Å². The Morgan fingerprint density at radius 2 is 2.16 bits per heavy atom. The number of rotatable bonds is 6. The van der Waals surface area contributed by atoms with Crippen LogP contribution in [0.2, 0.25) is 0 Å². The highest BCUT2D eigenvalue weighted by Gasteiger charge is 2.14. The quantitative estimate of drug-likeness (QED) is 0.841. The summed E-state index contributed by atoms with van der Waals surface area (Å²) in [5, 5.41) is 9.92. The predicted octanol–water partition coefficient (Wildman–Crippen LogP) is 2.59. The highest BCUT2D eigenvalue weighted by atomic mass is 32.2. The zero-order valence-electron chi connectivity index (χ0n) is 11.3. The molecule has 106 valence electrons. The topological polar surface area (TPSA) is 55.5 Å². The molecule has 1 heterocycles. The lowest BCUT2D eigenvalue weighted by Gasteiger charge is -2.21. The van der Waals surface area contributed by atoms with Crippen LogP contribution in [0.15, 0.2) is 24.3 Å². The van der Waals surface area contributed by atoms with Crippen molar-refractivity contribution < 1.29 is 9.84 Å². The van der Waals surface area contributed by atoms with Crippen LogP contribution in [0.3, 0.4) is 0 Å². The average Bonchev–Trinajstić information content (AvgIpc) is 2.47. The van der Waals surface area contributed by atoms with E-state index in [-0.39, 0.29) is 0 Å². The van der Waals surface area contributed by atoms with Crippen LogP contribution in [0.25, 0.3) is 0 Å². The van der Waals surface area contributed by atoms with Gasteiger partial charge in [-0.1, -0.05) is 12.1 Å². The molecule has 3 N–H and O–H groups in total. The molecule has 1 aromatic rings. The summed E-state index contributed by atoms with van der Waals surface area (Å²) in [5.41, 5.74) is 6.36. The van der Waals surface area contributed by atoms with Crippen LogP contribution in [0.5, 0.6) is 5.75 Å². The van der Waals surface area contributed by atoms with Gasteiger partial charge in [-0.2, -0.15) is 11.8 Å². The highest BCUT2D eigenvalue weighted by molar-refractivity contribution is 7.99. The SMILES string of the molecule is NCCC(O)c1cccc(OCC2CCSCC2)c1. The first-order valence-corrected chi connectivity index (χ1v) is 8.13. The van der Waals surface area contributed by atoms with E-state index in [4.69, 9.17) is 10.5 Å². The molecule has 0 spiro atoms. The van der Waals surface area contributed by atoms with E-state index in [1.54, 1.807) is 0 Å². The number of aliphatic hydroxyl groups excluding tert-OH is 1. The molecule has 0 aromatic heterocycles. The van der Waals surface area contributed by atoms with Crippen molar-refractivity contribution in [1.29, 1.82) is 0 Å². The summed E-state index contributed by atoms with van der Waals surface area (Å²) in [4.78, 5) is 0. The lowest BCUT2D eigenvalue weighted by atomic mass is 10.0. The van der Waals surface area contributed by atoms with Gasteiger partial charge in [0, 0.05) is 0 Å². The fraction of sp³-hybridized carbons (Fsp3) is 0.600. The van der Waals surface area contributed by atoms with Gasteiger partial charge in [-0.15, -0.1) is 0 Å². The predicted molar refractivity (Wildman–Crippen MR) is 80.6 cm³/mol. The summed E-state index contributed by atoms with van der Waals surface area (Å²) < 4.78 is 5.86. The number of thioether (sulfide) groups is 1. The molecule has 0 amide bonds. The van der Waals surface area contributed by atoms with Gasteiger partial charge in [-0.05, 0) is 60.9 Å². The molecule has 0 radical (unpaired) electrons. The van der Waals surface area contributed by atoms with E-state index in [2.05, 4.69) is 0 Å². The zero-order valence-corrected chi connectivity index (χ0v) is 12.1. The fourth-order valence-corrected chi connectivity index (χ4v) is 3.47. The van der Waals surface area contributed by atoms with Crippen LogP contribution >= 0.6 is 11.8 Å². The Hall–Kier alpha value is -0.710. The maximum absolute atomic E-state index is 9.92. The minimum absolute atomic E-state index is 0.486. The van der Waals surface area contributed by atoms with Gasteiger partial charge in [0.15, 0.2) is 0 Å². The van der Waals surface area contributed by atoms with E-state index in [1.807, 2.05) is 36.0 Å². The maximum Gasteiger partial charge on any atom is 0.119 e. The lowest BCUT2D eigenvalue weighted by molar-refractivity contribution is 0.169. The minimum Gasteiger partial charge on any atom is -0.493 e. The molecular formula is C15H23NO2S. The van der Waals surface area contributed by atoms with Gasteiger partial charge in [0.1, 0.15) is 5.75 Å². The summed E-state index contributed by atoms with van der Waals surface area (Å²) in [6.07, 6.45) is 2.60. The monoisotopic (exact) mass is 281 g/mol. The second-order valence-corrected chi connectivity index (χ2v) is 6.26. The van der Waals surface area contributed by atoms with Gasteiger partial charge in [-0.3, -0.25) is 0 Å². The minimum atomic E-state index is -0.486. The molecule has 4 heteroatoms. The van der Waals surface area contributed by atoms with Crippen LogP contribution in [0, 0.1) is 5.92 Å². The molecule has 19 heavy (non-hydrogen) atoms. The van der Waals surface area contributed by atoms with Crippen LogP contribution < -0.4 is 10.5 Å². The van der Waals surface area contributed by atoms with Gasteiger partial charge in [0.25, 0.3) is 0 Å². The second-order valence-electron chi connectivity index (χ2n) is 5.03. The van der Waals surface area contributed by atoms with Crippen molar-refractivity contribution in [2.24, 2.45) is 11.7 Å². The third kappa shape index (κ3) is 4.71. The number of ether oxygens (including phenoxy) is 1. The number of benzene rings is 1.